The Morgan fingerprint density at radius 3 is 1.80 bits per heavy atom. The van der Waals surface area contributed by atoms with Crippen LogP contribution < -0.4 is 5.32 Å². The normalized spacial score (nSPS) is 12.9. The average Bonchev–Trinajstić information content (AvgIpc) is 2.81. The molecular weight excluding hydrogens is 490 g/mol. The molecule has 2 aromatic rings. The van der Waals surface area contributed by atoms with Gasteiger partial charge in [0.05, 0.1) is 25.9 Å². The summed E-state index contributed by atoms with van der Waals surface area (Å²) in [5, 5.41) is 1.57. The molecule has 0 radical (unpaired) electrons. The number of amides is 1. The van der Waals surface area contributed by atoms with Crippen molar-refractivity contribution in [2.45, 2.75) is 51.8 Å². The van der Waals surface area contributed by atoms with Gasteiger partial charge in [0.1, 0.15) is 6.04 Å². The summed E-state index contributed by atoms with van der Waals surface area (Å²) in [6.07, 6.45) is -6.31. The standard InChI is InChI=1S/C23H27F3NO7P/c1-17(2)34-21(28)20(27-22(29)23(24,25)26)13-14-31-35(30,32-15-18-9-5-3-6-10-18)33-16-19-11-7-4-8-12-19/h3-12,17,20H,13-16H2,1-2H3,(H,27,29)/t20-/m0/s1. The third-order valence-corrected chi connectivity index (χ3v) is 5.71. The Bertz CT molecular complexity index is 940. The Kier molecular flexibility index (Phi) is 10.9. The van der Waals surface area contributed by atoms with E-state index in [-0.39, 0.29) is 13.2 Å². The van der Waals surface area contributed by atoms with Crippen molar-refractivity contribution in [1.82, 2.24) is 5.32 Å². The molecule has 1 N–H and O–H groups in total. The minimum absolute atomic E-state index is 0.128. The number of phosphoric ester groups is 1. The lowest BCUT2D eigenvalue weighted by atomic mass is 10.2. The molecule has 0 unspecified atom stereocenters. The van der Waals surface area contributed by atoms with Crippen LogP contribution in [-0.4, -0.2) is 36.8 Å². The number of halogens is 3. The molecule has 0 fully saturated rings. The van der Waals surface area contributed by atoms with Gasteiger partial charge in [-0.3, -0.25) is 18.4 Å². The number of ether oxygens (including phenoxy) is 1. The van der Waals surface area contributed by atoms with E-state index >= 15 is 0 Å². The summed E-state index contributed by atoms with van der Waals surface area (Å²) in [5.41, 5.74) is 1.35. The lowest BCUT2D eigenvalue weighted by Gasteiger charge is -2.22. The number of benzene rings is 2. The number of esters is 1. The lowest BCUT2D eigenvalue weighted by molar-refractivity contribution is -0.176. The molecule has 12 heteroatoms. The van der Waals surface area contributed by atoms with Crippen LogP contribution in [0.3, 0.4) is 0 Å². The summed E-state index contributed by atoms with van der Waals surface area (Å²) in [7, 11) is -4.22. The number of phosphoric acid groups is 1. The van der Waals surface area contributed by atoms with Gasteiger partial charge in [-0.1, -0.05) is 60.7 Å². The van der Waals surface area contributed by atoms with Gasteiger partial charge in [-0.2, -0.15) is 13.2 Å². The van der Waals surface area contributed by atoms with Crippen molar-refractivity contribution >= 4 is 19.7 Å². The molecule has 35 heavy (non-hydrogen) atoms. The van der Waals surface area contributed by atoms with Gasteiger partial charge in [0.25, 0.3) is 0 Å². The highest BCUT2D eigenvalue weighted by Crippen LogP contribution is 2.51. The van der Waals surface area contributed by atoms with Gasteiger partial charge in [-0.05, 0) is 25.0 Å². The number of alkyl halides is 3. The topological polar surface area (TPSA) is 100 Å². The molecule has 0 bridgehead atoms. The van der Waals surface area contributed by atoms with Crippen LogP contribution in [0.2, 0.25) is 0 Å². The summed E-state index contributed by atoms with van der Waals surface area (Å²) >= 11 is 0. The Morgan fingerprint density at radius 2 is 1.37 bits per heavy atom. The minimum Gasteiger partial charge on any atom is -0.461 e. The molecule has 0 aliphatic rings. The maximum atomic E-state index is 13.2. The summed E-state index contributed by atoms with van der Waals surface area (Å²) in [5.74, 6) is -3.40. The number of hydrogen-bond acceptors (Lipinski definition) is 7. The Balaban J connectivity index is 2.07. The van der Waals surface area contributed by atoms with E-state index in [4.69, 9.17) is 18.3 Å². The second-order valence-corrected chi connectivity index (χ2v) is 9.27. The van der Waals surface area contributed by atoms with E-state index in [0.717, 1.165) is 0 Å². The molecular formula is C23H27F3NO7P. The van der Waals surface area contributed by atoms with Crippen LogP contribution in [0.4, 0.5) is 13.2 Å². The molecule has 0 aromatic heterocycles. The summed E-state index contributed by atoms with van der Waals surface area (Å²) in [6, 6.07) is 15.8. The number of carbonyl (C=O) groups excluding carboxylic acids is 2. The van der Waals surface area contributed by atoms with Crippen molar-refractivity contribution in [2.75, 3.05) is 6.61 Å². The molecule has 0 heterocycles. The molecule has 0 saturated carbocycles. The van der Waals surface area contributed by atoms with Crippen molar-refractivity contribution in [2.24, 2.45) is 0 Å². The zero-order chi connectivity index (χ0) is 25.9. The smallest absolute Gasteiger partial charge is 0.461 e. The van der Waals surface area contributed by atoms with E-state index in [1.807, 2.05) is 0 Å². The molecule has 1 atom stereocenters. The van der Waals surface area contributed by atoms with Gasteiger partial charge in [0.15, 0.2) is 0 Å². The van der Waals surface area contributed by atoms with Gasteiger partial charge in [0, 0.05) is 6.42 Å². The van der Waals surface area contributed by atoms with Crippen molar-refractivity contribution in [3.05, 3.63) is 71.8 Å². The molecule has 0 aliphatic heterocycles. The highest BCUT2D eigenvalue weighted by atomic mass is 31.2. The van der Waals surface area contributed by atoms with Crippen molar-refractivity contribution in [3.8, 4) is 0 Å². The fraction of sp³-hybridized carbons (Fsp3) is 0.391. The summed E-state index contributed by atoms with van der Waals surface area (Å²) in [6.45, 7) is 2.21. The lowest BCUT2D eigenvalue weighted by Crippen LogP contribution is -2.48. The Hall–Kier alpha value is -2.72. The third-order valence-electron chi connectivity index (χ3n) is 4.32. The predicted octanol–water partition coefficient (Wildman–Crippen LogP) is 4.93. The highest BCUT2D eigenvalue weighted by molar-refractivity contribution is 7.48. The van der Waals surface area contributed by atoms with Gasteiger partial charge in [-0.15, -0.1) is 0 Å². The first kappa shape index (κ1) is 28.5. The predicted molar refractivity (Wildman–Crippen MR) is 120 cm³/mol. The van der Waals surface area contributed by atoms with Crippen LogP contribution in [0.15, 0.2) is 60.7 Å². The quantitative estimate of drug-likeness (QED) is 0.297. The maximum Gasteiger partial charge on any atom is 0.475 e. The molecule has 192 valence electrons. The first-order valence-corrected chi connectivity index (χ1v) is 12.1. The molecule has 2 aromatic carbocycles. The maximum absolute atomic E-state index is 13.2. The second-order valence-electron chi connectivity index (χ2n) is 7.60. The number of hydrogen-bond donors (Lipinski definition) is 1. The van der Waals surface area contributed by atoms with E-state index in [1.54, 1.807) is 66.0 Å². The van der Waals surface area contributed by atoms with Crippen LogP contribution >= 0.6 is 7.82 Å². The van der Waals surface area contributed by atoms with Gasteiger partial charge < -0.3 is 10.1 Å². The molecule has 0 saturated heterocycles. The third kappa shape index (κ3) is 10.6. The zero-order valence-electron chi connectivity index (χ0n) is 19.2. The SMILES string of the molecule is CC(C)OC(=O)[C@H](CCOP(=O)(OCc1ccccc1)OCc1ccccc1)NC(=O)C(F)(F)F. The molecule has 0 spiro atoms. The van der Waals surface area contributed by atoms with Crippen LogP contribution in [0.25, 0.3) is 0 Å². The van der Waals surface area contributed by atoms with E-state index in [2.05, 4.69) is 0 Å². The number of carbonyl (C=O) groups is 2. The van der Waals surface area contributed by atoms with Gasteiger partial charge in [-0.25, -0.2) is 9.36 Å². The Morgan fingerprint density at radius 1 is 0.886 bits per heavy atom. The van der Waals surface area contributed by atoms with Crippen molar-refractivity contribution in [1.29, 1.82) is 0 Å². The van der Waals surface area contributed by atoms with Crippen LogP contribution in [0.1, 0.15) is 31.4 Å². The van der Waals surface area contributed by atoms with E-state index < -0.39 is 51.0 Å². The molecule has 2 rings (SSSR count). The first-order chi connectivity index (χ1) is 16.5. The largest absolute Gasteiger partial charge is 0.475 e. The zero-order valence-corrected chi connectivity index (χ0v) is 20.1. The van der Waals surface area contributed by atoms with E-state index in [9.17, 15) is 27.3 Å². The average molecular weight is 517 g/mol. The number of nitrogens with one attached hydrogen (secondary N) is 1. The van der Waals surface area contributed by atoms with Crippen molar-refractivity contribution in [3.63, 3.8) is 0 Å². The van der Waals surface area contributed by atoms with E-state index in [1.165, 1.54) is 13.8 Å². The van der Waals surface area contributed by atoms with Gasteiger partial charge >= 0.3 is 25.9 Å². The van der Waals surface area contributed by atoms with Gasteiger partial charge in [0.2, 0.25) is 0 Å². The molecule has 1 amide bonds. The highest BCUT2D eigenvalue weighted by Gasteiger charge is 2.41. The minimum atomic E-state index is -5.20. The Labute approximate surface area is 201 Å². The van der Waals surface area contributed by atoms with Crippen LogP contribution in [-0.2, 0) is 45.7 Å². The monoisotopic (exact) mass is 517 g/mol. The van der Waals surface area contributed by atoms with Crippen LogP contribution in [0, 0.1) is 0 Å². The number of rotatable bonds is 13. The second kappa shape index (κ2) is 13.4. The van der Waals surface area contributed by atoms with Crippen LogP contribution in [0.5, 0.6) is 0 Å². The van der Waals surface area contributed by atoms with E-state index in [0.29, 0.717) is 11.1 Å². The fourth-order valence-electron chi connectivity index (χ4n) is 2.65. The summed E-state index contributed by atoms with van der Waals surface area (Å²) in [4.78, 5) is 23.6. The van der Waals surface area contributed by atoms with Crippen molar-refractivity contribution < 1.29 is 45.6 Å². The summed E-state index contributed by atoms with van der Waals surface area (Å²) < 4.78 is 72.3. The first-order valence-electron chi connectivity index (χ1n) is 10.7. The molecule has 0 aliphatic carbocycles. The molecule has 8 nitrogen and oxygen atoms in total. The fourth-order valence-corrected chi connectivity index (χ4v) is 3.82.